The maximum atomic E-state index is 11.4. The van der Waals surface area contributed by atoms with Gasteiger partial charge in [0.05, 0.1) is 19.8 Å². The van der Waals surface area contributed by atoms with E-state index in [0.717, 1.165) is 6.08 Å². The molecule has 1 rings (SSSR count). The molecule has 5 heteroatoms. The number of carbonyl (C=O) groups excluding carboxylic acids is 1. The van der Waals surface area contributed by atoms with E-state index in [-0.39, 0.29) is 0 Å². The van der Waals surface area contributed by atoms with Crippen molar-refractivity contribution in [3.8, 4) is 23.0 Å². The van der Waals surface area contributed by atoms with Crippen LogP contribution in [-0.2, 0) is 4.79 Å². The Hall–Kier alpha value is -2.17. The van der Waals surface area contributed by atoms with Gasteiger partial charge in [-0.2, -0.15) is 0 Å². The maximum Gasteiger partial charge on any atom is 0.335 e. The van der Waals surface area contributed by atoms with E-state index in [1.165, 1.54) is 0 Å². The molecule has 0 atom stereocenters. The Morgan fingerprint density at radius 3 is 2.14 bits per heavy atom. The van der Waals surface area contributed by atoms with Gasteiger partial charge in [-0.15, -0.1) is 0 Å². The number of hydrogen-bond donors (Lipinski definition) is 0. The Bertz CT molecular complexity index is 508. The van der Waals surface area contributed by atoms with Crippen LogP contribution in [0, 0.1) is 6.92 Å². The first kappa shape index (κ1) is 16.9. The van der Waals surface area contributed by atoms with Gasteiger partial charge in [-0.3, -0.25) is 0 Å². The van der Waals surface area contributed by atoms with Crippen LogP contribution in [0.4, 0.5) is 0 Å². The largest absolute Gasteiger partial charge is 0.490 e. The van der Waals surface area contributed by atoms with Gasteiger partial charge in [-0.25, -0.2) is 4.79 Å². The molecule has 21 heavy (non-hydrogen) atoms. The lowest BCUT2D eigenvalue weighted by molar-refractivity contribution is -0.129. The highest BCUT2D eigenvalue weighted by molar-refractivity contribution is 5.84. The molecule has 0 radical (unpaired) electrons. The first-order valence-electron chi connectivity index (χ1n) is 6.99. The van der Waals surface area contributed by atoms with E-state index >= 15 is 0 Å². The predicted molar refractivity (Wildman–Crippen MR) is 80.5 cm³/mol. The maximum absolute atomic E-state index is 11.4. The van der Waals surface area contributed by atoms with Crippen LogP contribution in [0.15, 0.2) is 18.7 Å². The van der Waals surface area contributed by atoms with E-state index in [4.69, 9.17) is 18.9 Å². The van der Waals surface area contributed by atoms with Crippen molar-refractivity contribution in [2.45, 2.75) is 27.7 Å². The first-order valence-corrected chi connectivity index (χ1v) is 6.99. The van der Waals surface area contributed by atoms with Gasteiger partial charge in [0.2, 0.25) is 5.75 Å². The van der Waals surface area contributed by atoms with Gasteiger partial charge in [0.15, 0.2) is 11.5 Å². The van der Waals surface area contributed by atoms with Gasteiger partial charge >= 0.3 is 5.97 Å². The zero-order chi connectivity index (χ0) is 15.8. The molecule has 0 aliphatic heterocycles. The van der Waals surface area contributed by atoms with E-state index in [9.17, 15) is 4.79 Å². The zero-order valence-corrected chi connectivity index (χ0v) is 13.0. The lowest BCUT2D eigenvalue weighted by Gasteiger charge is -2.19. The minimum Gasteiger partial charge on any atom is -0.490 e. The van der Waals surface area contributed by atoms with Crippen molar-refractivity contribution in [3.63, 3.8) is 0 Å². The third kappa shape index (κ3) is 4.15. The van der Waals surface area contributed by atoms with E-state index in [1.807, 2.05) is 20.8 Å². The third-order valence-corrected chi connectivity index (χ3v) is 2.66. The van der Waals surface area contributed by atoms with Gasteiger partial charge in [-0.05, 0) is 27.7 Å². The molecule has 116 valence electrons. The molecule has 0 saturated heterocycles. The van der Waals surface area contributed by atoms with Crippen LogP contribution < -0.4 is 18.9 Å². The fourth-order valence-corrected chi connectivity index (χ4v) is 1.80. The van der Waals surface area contributed by atoms with Crippen molar-refractivity contribution in [2.24, 2.45) is 0 Å². The molecule has 0 N–H and O–H groups in total. The van der Waals surface area contributed by atoms with Crippen LogP contribution in [0.1, 0.15) is 26.3 Å². The molecule has 0 aliphatic rings. The fourth-order valence-electron chi connectivity index (χ4n) is 1.80. The van der Waals surface area contributed by atoms with Gasteiger partial charge < -0.3 is 18.9 Å². The second kappa shape index (κ2) is 8.19. The zero-order valence-electron chi connectivity index (χ0n) is 13.0. The van der Waals surface area contributed by atoms with Crippen LogP contribution in [0.5, 0.6) is 23.0 Å². The molecule has 0 saturated carbocycles. The molecule has 0 spiro atoms. The average Bonchev–Trinajstić information content (AvgIpc) is 2.47. The van der Waals surface area contributed by atoms with Crippen molar-refractivity contribution >= 4 is 5.97 Å². The summed E-state index contributed by atoms with van der Waals surface area (Å²) in [5, 5.41) is 0. The highest BCUT2D eigenvalue weighted by Gasteiger charge is 2.21. The molecule has 0 aliphatic carbocycles. The van der Waals surface area contributed by atoms with E-state index < -0.39 is 5.97 Å². The quantitative estimate of drug-likeness (QED) is 0.418. The van der Waals surface area contributed by atoms with Crippen LogP contribution in [0.25, 0.3) is 0 Å². The fraction of sp³-hybridized carbons (Fsp3) is 0.438. The second-order valence-corrected chi connectivity index (χ2v) is 4.08. The number of esters is 1. The monoisotopic (exact) mass is 294 g/mol. The standard InChI is InChI=1S/C16H22O5/c1-6-14(17)21-12-10-13(18-7-2)16(20-9-4)15(11(12)5)19-8-3/h6,10H,1,7-9H2,2-5H3. The number of carbonyl (C=O) groups is 1. The van der Waals surface area contributed by atoms with Crippen molar-refractivity contribution < 1.29 is 23.7 Å². The number of rotatable bonds is 8. The summed E-state index contributed by atoms with van der Waals surface area (Å²) < 4.78 is 22.1. The Balaban J connectivity index is 3.39. The van der Waals surface area contributed by atoms with E-state index in [2.05, 4.69) is 6.58 Å². The molecule has 1 aromatic carbocycles. The number of benzene rings is 1. The summed E-state index contributed by atoms with van der Waals surface area (Å²) in [6.45, 7) is 12.2. The number of ether oxygens (including phenoxy) is 4. The Labute approximate surface area is 125 Å². The van der Waals surface area contributed by atoms with E-state index in [0.29, 0.717) is 48.4 Å². The highest BCUT2D eigenvalue weighted by atomic mass is 16.6. The molecule has 0 amide bonds. The SMILES string of the molecule is C=CC(=O)Oc1cc(OCC)c(OCC)c(OCC)c1C. The molecule has 0 aromatic heterocycles. The predicted octanol–water partition coefficient (Wildman–Crippen LogP) is 3.28. The summed E-state index contributed by atoms with van der Waals surface area (Å²) in [7, 11) is 0. The molecule has 5 nitrogen and oxygen atoms in total. The highest BCUT2D eigenvalue weighted by Crippen LogP contribution is 2.45. The molecule has 0 unspecified atom stereocenters. The minimum absolute atomic E-state index is 0.371. The molecule has 0 bridgehead atoms. The van der Waals surface area contributed by atoms with Gasteiger partial charge in [0, 0.05) is 17.7 Å². The average molecular weight is 294 g/mol. The lowest BCUT2D eigenvalue weighted by Crippen LogP contribution is -2.08. The van der Waals surface area contributed by atoms with E-state index in [1.54, 1.807) is 13.0 Å². The second-order valence-electron chi connectivity index (χ2n) is 4.08. The van der Waals surface area contributed by atoms with Crippen molar-refractivity contribution in [1.29, 1.82) is 0 Å². The summed E-state index contributed by atoms with van der Waals surface area (Å²) in [4.78, 5) is 11.4. The summed E-state index contributed by atoms with van der Waals surface area (Å²) >= 11 is 0. The summed E-state index contributed by atoms with van der Waals surface area (Å²) in [6, 6.07) is 1.63. The molecule has 1 aromatic rings. The van der Waals surface area contributed by atoms with Gasteiger partial charge in [-0.1, -0.05) is 6.58 Å². The topological polar surface area (TPSA) is 54.0 Å². The molecular weight excluding hydrogens is 272 g/mol. The van der Waals surface area contributed by atoms with Crippen LogP contribution in [0.3, 0.4) is 0 Å². The third-order valence-electron chi connectivity index (χ3n) is 2.66. The van der Waals surface area contributed by atoms with Crippen molar-refractivity contribution in [2.75, 3.05) is 19.8 Å². The lowest BCUT2D eigenvalue weighted by atomic mass is 10.1. The van der Waals surface area contributed by atoms with Crippen molar-refractivity contribution in [1.82, 2.24) is 0 Å². The van der Waals surface area contributed by atoms with Crippen LogP contribution in [0.2, 0.25) is 0 Å². The Kier molecular flexibility index (Phi) is 6.59. The van der Waals surface area contributed by atoms with Crippen LogP contribution >= 0.6 is 0 Å². The summed E-state index contributed by atoms with van der Waals surface area (Å²) in [5.41, 5.74) is 0.680. The normalized spacial score (nSPS) is 9.90. The van der Waals surface area contributed by atoms with Gasteiger partial charge in [0.25, 0.3) is 0 Å². The molecule has 0 fully saturated rings. The Morgan fingerprint density at radius 2 is 1.62 bits per heavy atom. The molecular formula is C16H22O5. The first-order chi connectivity index (χ1) is 10.1. The summed E-state index contributed by atoms with van der Waals surface area (Å²) in [5.74, 6) is 1.37. The number of hydrogen-bond acceptors (Lipinski definition) is 5. The van der Waals surface area contributed by atoms with Crippen molar-refractivity contribution in [3.05, 3.63) is 24.3 Å². The molecule has 0 heterocycles. The minimum atomic E-state index is -0.535. The Morgan fingerprint density at radius 1 is 1.05 bits per heavy atom. The summed E-state index contributed by atoms with van der Waals surface area (Å²) in [6.07, 6.45) is 1.11. The smallest absolute Gasteiger partial charge is 0.335 e. The van der Waals surface area contributed by atoms with Crippen LogP contribution in [-0.4, -0.2) is 25.8 Å². The van der Waals surface area contributed by atoms with Gasteiger partial charge in [0.1, 0.15) is 5.75 Å².